The van der Waals surface area contributed by atoms with Crippen molar-refractivity contribution >= 4 is 33.2 Å². The van der Waals surface area contributed by atoms with Crippen molar-refractivity contribution in [3.05, 3.63) is 52.8 Å². The lowest BCUT2D eigenvalue weighted by atomic mass is 10.2. The van der Waals surface area contributed by atoms with Crippen molar-refractivity contribution in [2.75, 3.05) is 5.32 Å². The van der Waals surface area contributed by atoms with E-state index in [0.29, 0.717) is 11.6 Å². The number of aromatic nitrogens is 1. The molecule has 1 amide bonds. The normalized spacial score (nSPS) is 13.8. The summed E-state index contributed by atoms with van der Waals surface area (Å²) in [6.07, 6.45) is 5.44. The summed E-state index contributed by atoms with van der Waals surface area (Å²) in [5.41, 5.74) is 2.31. The number of hydrogen-bond donors (Lipinski definition) is 2. The molecule has 0 bridgehead atoms. The molecule has 2 aromatic rings. The van der Waals surface area contributed by atoms with Crippen LogP contribution in [0, 0.1) is 0 Å². The summed E-state index contributed by atoms with van der Waals surface area (Å²) in [5.74, 6) is -0.0595. The molecule has 1 aliphatic rings. The second kappa shape index (κ2) is 5.63. The number of nitrogens with zero attached hydrogens (tertiary/aromatic N) is 1. The third-order valence-electron chi connectivity index (χ3n) is 3.07. The van der Waals surface area contributed by atoms with Crippen LogP contribution in [-0.4, -0.2) is 16.9 Å². The Morgan fingerprint density at radius 3 is 2.80 bits per heavy atom. The summed E-state index contributed by atoms with van der Waals surface area (Å²) in [6, 6.07) is 9.98. The topological polar surface area (TPSA) is 54.0 Å². The standard InChI is InChI=1S/C15H14BrN3O/c16-13-3-1-2-4-14(13)18-12-7-10(8-17-9-12)15(20)19-11-5-6-11/h1-4,7-9,11,18H,5-6H2,(H,19,20). The molecule has 1 aliphatic carbocycles. The molecule has 5 heteroatoms. The fraction of sp³-hybridized carbons (Fsp3) is 0.200. The number of para-hydroxylation sites is 1. The maximum Gasteiger partial charge on any atom is 0.253 e. The van der Waals surface area contributed by atoms with E-state index in [9.17, 15) is 4.79 Å². The van der Waals surface area contributed by atoms with Crippen molar-refractivity contribution in [2.24, 2.45) is 0 Å². The molecule has 0 atom stereocenters. The SMILES string of the molecule is O=C(NC1CC1)c1cncc(Nc2ccccc2Br)c1. The van der Waals surface area contributed by atoms with Crippen LogP contribution < -0.4 is 10.6 Å². The van der Waals surface area contributed by atoms with Gasteiger partial charge in [-0.3, -0.25) is 9.78 Å². The van der Waals surface area contributed by atoms with E-state index in [-0.39, 0.29) is 5.91 Å². The van der Waals surface area contributed by atoms with Gasteiger partial charge in [0, 0.05) is 16.7 Å². The molecule has 0 spiro atoms. The highest BCUT2D eigenvalue weighted by Crippen LogP contribution is 2.25. The first-order valence-electron chi connectivity index (χ1n) is 6.50. The quantitative estimate of drug-likeness (QED) is 0.901. The lowest BCUT2D eigenvalue weighted by Gasteiger charge is -2.09. The minimum atomic E-state index is -0.0595. The lowest BCUT2D eigenvalue weighted by Crippen LogP contribution is -2.25. The Labute approximate surface area is 125 Å². The average Bonchev–Trinajstić information content (AvgIpc) is 3.26. The first-order valence-corrected chi connectivity index (χ1v) is 7.29. The van der Waals surface area contributed by atoms with E-state index in [0.717, 1.165) is 28.7 Å². The van der Waals surface area contributed by atoms with Crippen LogP contribution in [0.15, 0.2) is 47.2 Å². The summed E-state index contributed by atoms with van der Waals surface area (Å²) in [5, 5.41) is 6.20. The molecule has 0 radical (unpaired) electrons. The maximum absolute atomic E-state index is 12.0. The average molecular weight is 332 g/mol. The number of benzene rings is 1. The number of rotatable bonds is 4. The maximum atomic E-state index is 12.0. The van der Waals surface area contributed by atoms with E-state index >= 15 is 0 Å². The van der Waals surface area contributed by atoms with Gasteiger partial charge in [0.2, 0.25) is 0 Å². The summed E-state index contributed by atoms with van der Waals surface area (Å²) in [4.78, 5) is 16.1. The molecule has 1 aromatic carbocycles. The monoisotopic (exact) mass is 331 g/mol. The lowest BCUT2D eigenvalue weighted by molar-refractivity contribution is 0.0951. The second-order valence-corrected chi connectivity index (χ2v) is 5.67. The molecule has 3 rings (SSSR count). The van der Waals surface area contributed by atoms with Crippen molar-refractivity contribution < 1.29 is 4.79 Å². The van der Waals surface area contributed by atoms with E-state index in [1.165, 1.54) is 0 Å². The zero-order valence-electron chi connectivity index (χ0n) is 10.8. The smallest absolute Gasteiger partial charge is 0.253 e. The van der Waals surface area contributed by atoms with Crippen LogP contribution in [0.3, 0.4) is 0 Å². The van der Waals surface area contributed by atoms with Crippen molar-refractivity contribution in [3.63, 3.8) is 0 Å². The van der Waals surface area contributed by atoms with Gasteiger partial charge in [-0.15, -0.1) is 0 Å². The number of anilines is 2. The number of carbonyl (C=O) groups is 1. The van der Waals surface area contributed by atoms with Crippen LogP contribution in [0.2, 0.25) is 0 Å². The minimum absolute atomic E-state index is 0.0595. The van der Waals surface area contributed by atoms with Gasteiger partial charge in [-0.2, -0.15) is 0 Å². The molecule has 1 fully saturated rings. The minimum Gasteiger partial charge on any atom is -0.353 e. The predicted molar refractivity (Wildman–Crippen MR) is 82.1 cm³/mol. The summed E-state index contributed by atoms with van der Waals surface area (Å²) in [7, 11) is 0. The van der Waals surface area contributed by atoms with E-state index < -0.39 is 0 Å². The Hall–Kier alpha value is -1.88. The molecular weight excluding hydrogens is 318 g/mol. The summed E-state index contributed by atoms with van der Waals surface area (Å²) >= 11 is 3.48. The Kier molecular flexibility index (Phi) is 3.69. The number of carbonyl (C=O) groups excluding carboxylic acids is 1. The number of hydrogen-bond acceptors (Lipinski definition) is 3. The van der Waals surface area contributed by atoms with Gasteiger partial charge < -0.3 is 10.6 Å². The summed E-state index contributed by atoms with van der Waals surface area (Å²) < 4.78 is 0.966. The molecule has 2 N–H and O–H groups in total. The summed E-state index contributed by atoms with van der Waals surface area (Å²) in [6.45, 7) is 0. The first-order chi connectivity index (χ1) is 9.72. The van der Waals surface area contributed by atoms with Crippen LogP contribution in [0.4, 0.5) is 11.4 Å². The molecule has 20 heavy (non-hydrogen) atoms. The van der Waals surface area contributed by atoms with E-state index in [1.807, 2.05) is 30.3 Å². The van der Waals surface area contributed by atoms with Crippen LogP contribution >= 0.6 is 15.9 Å². The molecule has 0 saturated heterocycles. The van der Waals surface area contributed by atoms with Gasteiger partial charge in [0.1, 0.15) is 0 Å². The first kappa shape index (κ1) is 13.1. The van der Waals surface area contributed by atoms with Gasteiger partial charge in [-0.05, 0) is 47.0 Å². The van der Waals surface area contributed by atoms with E-state index in [2.05, 4.69) is 31.5 Å². The zero-order chi connectivity index (χ0) is 13.9. The van der Waals surface area contributed by atoms with Crippen LogP contribution in [0.25, 0.3) is 0 Å². The van der Waals surface area contributed by atoms with E-state index in [1.54, 1.807) is 12.4 Å². The third-order valence-corrected chi connectivity index (χ3v) is 3.76. The molecule has 4 nitrogen and oxygen atoms in total. The Morgan fingerprint density at radius 2 is 2.05 bits per heavy atom. The van der Waals surface area contributed by atoms with Gasteiger partial charge in [-0.1, -0.05) is 12.1 Å². The number of nitrogens with one attached hydrogen (secondary N) is 2. The van der Waals surface area contributed by atoms with Gasteiger partial charge in [0.25, 0.3) is 5.91 Å². The van der Waals surface area contributed by atoms with Crippen LogP contribution in [0.5, 0.6) is 0 Å². The number of halogens is 1. The Morgan fingerprint density at radius 1 is 1.25 bits per heavy atom. The van der Waals surface area contributed by atoms with Gasteiger partial charge in [-0.25, -0.2) is 0 Å². The molecular formula is C15H14BrN3O. The van der Waals surface area contributed by atoms with Crippen molar-refractivity contribution in [2.45, 2.75) is 18.9 Å². The highest BCUT2D eigenvalue weighted by Gasteiger charge is 2.23. The van der Waals surface area contributed by atoms with Crippen molar-refractivity contribution in [3.8, 4) is 0 Å². The zero-order valence-corrected chi connectivity index (χ0v) is 12.4. The molecule has 0 aliphatic heterocycles. The molecule has 1 saturated carbocycles. The predicted octanol–water partition coefficient (Wildman–Crippen LogP) is 3.48. The molecule has 0 unspecified atom stereocenters. The number of pyridine rings is 1. The highest BCUT2D eigenvalue weighted by atomic mass is 79.9. The highest BCUT2D eigenvalue weighted by molar-refractivity contribution is 9.10. The van der Waals surface area contributed by atoms with Crippen molar-refractivity contribution in [1.82, 2.24) is 10.3 Å². The largest absolute Gasteiger partial charge is 0.353 e. The molecule has 1 heterocycles. The number of amides is 1. The molecule has 102 valence electrons. The fourth-order valence-electron chi connectivity index (χ4n) is 1.85. The van der Waals surface area contributed by atoms with Gasteiger partial charge in [0.05, 0.1) is 23.1 Å². The van der Waals surface area contributed by atoms with Crippen LogP contribution in [-0.2, 0) is 0 Å². The van der Waals surface area contributed by atoms with E-state index in [4.69, 9.17) is 0 Å². The van der Waals surface area contributed by atoms with Gasteiger partial charge >= 0.3 is 0 Å². The van der Waals surface area contributed by atoms with Crippen LogP contribution in [0.1, 0.15) is 23.2 Å². The van der Waals surface area contributed by atoms with Crippen molar-refractivity contribution in [1.29, 1.82) is 0 Å². The molecule has 1 aromatic heterocycles. The third kappa shape index (κ3) is 3.17. The Bertz CT molecular complexity index is 641. The Balaban J connectivity index is 1.77. The second-order valence-electron chi connectivity index (χ2n) is 4.81. The van der Waals surface area contributed by atoms with Gasteiger partial charge in [0.15, 0.2) is 0 Å². The fourth-order valence-corrected chi connectivity index (χ4v) is 2.23.